The van der Waals surface area contributed by atoms with Crippen molar-refractivity contribution in [1.29, 1.82) is 0 Å². The second-order valence-corrected chi connectivity index (χ2v) is 5.45. The lowest BCUT2D eigenvalue weighted by Gasteiger charge is -2.32. The number of carbonyl (C=O) groups is 2. The van der Waals surface area contributed by atoms with Crippen molar-refractivity contribution in [3.63, 3.8) is 0 Å². The van der Waals surface area contributed by atoms with Crippen LogP contribution in [0, 0.1) is 0 Å². The molecular weight excluding hydrogens is 282 g/mol. The third kappa shape index (κ3) is 3.93. The summed E-state index contributed by atoms with van der Waals surface area (Å²) in [7, 11) is 1.79. The summed E-state index contributed by atoms with van der Waals surface area (Å²) in [6.07, 6.45) is 4.51. The molecule has 2 amide bonds. The van der Waals surface area contributed by atoms with Crippen molar-refractivity contribution < 1.29 is 9.59 Å². The van der Waals surface area contributed by atoms with E-state index in [0.29, 0.717) is 37.8 Å². The summed E-state index contributed by atoms with van der Waals surface area (Å²) in [6, 6.07) is 1.65. The quantitative estimate of drug-likeness (QED) is 0.721. The standard InChI is InChI=1S/C15H23N5O2/c1-3-4-7-18(2)14(22)13-5-6-16-15(17-13)20-10-8-19(12-21)9-11-20/h5-6,12H,3-4,7-11H2,1-2H3. The summed E-state index contributed by atoms with van der Waals surface area (Å²) >= 11 is 0. The van der Waals surface area contributed by atoms with Gasteiger partial charge in [0, 0.05) is 46.0 Å². The highest BCUT2D eigenvalue weighted by Gasteiger charge is 2.20. The Balaban J connectivity index is 2.03. The van der Waals surface area contributed by atoms with E-state index in [2.05, 4.69) is 16.9 Å². The molecular formula is C15H23N5O2. The zero-order chi connectivity index (χ0) is 15.9. The van der Waals surface area contributed by atoms with Crippen molar-refractivity contribution in [2.75, 3.05) is 44.7 Å². The topological polar surface area (TPSA) is 69.6 Å². The van der Waals surface area contributed by atoms with Gasteiger partial charge in [0.15, 0.2) is 0 Å². The van der Waals surface area contributed by atoms with Gasteiger partial charge in [-0.15, -0.1) is 0 Å². The molecule has 2 heterocycles. The zero-order valence-corrected chi connectivity index (χ0v) is 13.2. The lowest BCUT2D eigenvalue weighted by atomic mass is 10.3. The van der Waals surface area contributed by atoms with E-state index in [1.165, 1.54) is 0 Å². The van der Waals surface area contributed by atoms with E-state index in [1.54, 1.807) is 29.1 Å². The van der Waals surface area contributed by atoms with Crippen LogP contribution in [0.5, 0.6) is 0 Å². The van der Waals surface area contributed by atoms with Gasteiger partial charge in [-0.3, -0.25) is 9.59 Å². The monoisotopic (exact) mass is 305 g/mol. The van der Waals surface area contributed by atoms with Crippen molar-refractivity contribution >= 4 is 18.3 Å². The van der Waals surface area contributed by atoms with Gasteiger partial charge in [0.2, 0.25) is 12.4 Å². The molecule has 7 nitrogen and oxygen atoms in total. The van der Waals surface area contributed by atoms with Crippen LogP contribution in [0.2, 0.25) is 0 Å². The highest BCUT2D eigenvalue weighted by Crippen LogP contribution is 2.11. The number of hydrogen-bond acceptors (Lipinski definition) is 5. The van der Waals surface area contributed by atoms with Gasteiger partial charge in [-0.25, -0.2) is 9.97 Å². The first kappa shape index (κ1) is 16.2. The van der Waals surface area contributed by atoms with Gasteiger partial charge in [0.25, 0.3) is 5.91 Å². The van der Waals surface area contributed by atoms with Gasteiger partial charge in [-0.05, 0) is 12.5 Å². The van der Waals surface area contributed by atoms with Gasteiger partial charge >= 0.3 is 0 Å². The van der Waals surface area contributed by atoms with Crippen LogP contribution in [-0.2, 0) is 4.79 Å². The molecule has 1 saturated heterocycles. The molecule has 0 atom stereocenters. The molecule has 120 valence electrons. The van der Waals surface area contributed by atoms with Crippen molar-refractivity contribution in [3.05, 3.63) is 18.0 Å². The minimum absolute atomic E-state index is 0.0800. The van der Waals surface area contributed by atoms with Gasteiger partial charge in [-0.1, -0.05) is 13.3 Å². The number of unbranched alkanes of at least 4 members (excludes halogenated alkanes) is 1. The van der Waals surface area contributed by atoms with Crippen LogP contribution in [0.3, 0.4) is 0 Å². The largest absolute Gasteiger partial charge is 0.342 e. The summed E-state index contributed by atoms with van der Waals surface area (Å²) in [4.78, 5) is 37.2. The van der Waals surface area contributed by atoms with Crippen molar-refractivity contribution in [2.45, 2.75) is 19.8 Å². The molecule has 1 aromatic heterocycles. The Kier molecular flexibility index (Phi) is 5.68. The number of carbonyl (C=O) groups excluding carboxylic acids is 2. The third-order valence-electron chi connectivity index (χ3n) is 3.80. The number of anilines is 1. The summed E-state index contributed by atoms with van der Waals surface area (Å²) in [5.41, 5.74) is 0.418. The molecule has 7 heteroatoms. The molecule has 0 spiro atoms. The summed E-state index contributed by atoms with van der Waals surface area (Å²) in [6.45, 7) is 5.50. The fraction of sp³-hybridized carbons (Fsp3) is 0.600. The van der Waals surface area contributed by atoms with Gasteiger partial charge in [-0.2, -0.15) is 0 Å². The molecule has 22 heavy (non-hydrogen) atoms. The molecule has 1 aromatic rings. The molecule has 0 aliphatic carbocycles. The van der Waals surface area contributed by atoms with Crippen LogP contribution in [0.25, 0.3) is 0 Å². The number of aromatic nitrogens is 2. The number of amides is 2. The first-order chi connectivity index (χ1) is 10.7. The average Bonchev–Trinajstić information content (AvgIpc) is 2.59. The Morgan fingerprint density at radius 2 is 2.09 bits per heavy atom. The maximum Gasteiger partial charge on any atom is 0.272 e. The second-order valence-electron chi connectivity index (χ2n) is 5.45. The first-order valence-corrected chi connectivity index (χ1v) is 7.68. The minimum Gasteiger partial charge on any atom is -0.342 e. The zero-order valence-electron chi connectivity index (χ0n) is 13.2. The molecule has 0 radical (unpaired) electrons. The third-order valence-corrected chi connectivity index (χ3v) is 3.80. The fourth-order valence-corrected chi connectivity index (χ4v) is 2.34. The molecule has 2 rings (SSSR count). The molecule has 1 aliphatic heterocycles. The maximum absolute atomic E-state index is 12.3. The van der Waals surface area contributed by atoms with Gasteiger partial charge in [0.1, 0.15) is 5.69 Å². The molecule has 0 bridgehead atoms. The van der Waals surface area contributed by atoms with E-state index >= 15 is 0 Å². The normalized spacial score (nSPS) is 14.8. The Hall–Kier alpha value is -2.18. The Bertz CT molecular complexity index is 514. The SMILES string of the molecule is CCCCN(C)C(=O)c1ccnc(N2CCN(C=O)CC2)n1. The van der Waals surface area contributed by atoms with E-state index in [4.69, 9.17) is 0 Å². The predicted molar refractivity (Wildman–Crippen MR) is 83.8 cm³/mol. The van der Waals surface area contributed by atoms with Gasteiger partial charge < -0.3 is 14.7 Å². The molecule has 1 fully saturated rings. The van der Waals surface area contributed by atoms with E-state index in [-0.39, 0.29) is 5.91 Å². The highest BCUT2D eigenvalue weighted by molar-refractivity contribution is 5.92. The van der Waals surface area contributed by atoms with Crippen LogP contribution >= 0.6 is 0 Å². The van der Waals surface area contributed by atoms with Crippen molar-refractivity contribution in [1.82, 2.24) is 19.8 Å². The number of nitrogens with zero attached hydrogens (tertiary/aromatic N) is 5. The maximum atomic E-state index is 12.3. The predicted octanol–water partition coefficient (Wildman–Crippen LogP) is 0.627. The van der Waals surface area contributed by atoms with Crippen molar-refractivity contribution in [3.8, 4) is 0 Å². The van der Waals surface area contributed by atoms with Crippen LogP contribution in [0.4, 0.5) is 5.95 Å². The molecule has 1 aliphatic rings. The Morgan fingerprint density at radius 1 is 1.36 bits per heavy atom. The fourth-order valence-electron chi connectivity index (χ4n) is 2.34. The molecule has 0 N–H and O–H groups in total. The van der Waals surface area contributed by atoms with E-state index in [1.807, 2.05) is 4.90 Å². The summed E-state index contributed by atoms with van der Waals surface area (Å²) < 4.78 is 0. The lowest BCUT2D eigenvalue weighted by Crippen LogP contribution is -2.46. The van der Waals surface area contributed by atoms with Crippen LogP contribution in [0.15, 0.2) is 12.3 Å². The number of hydrogen-bond donors (Lipinski definition) is 0. The minimum atomic E-state index is -0.0800. The average molecular weight is 305 g/mol. The van der Waals surface area contributed by atoms with Crippen molar-refractivity contribution in [2.24, 2.45) is 0 Å². The van der Waals surface area contributed by atoms with Gasteiger partial charge in [0.05, 0.1) is 0 Å². The van der Waals surface area contributed by atoms with Crippen LogP contribution in [0.1, 0.15) is 30.3 Å². The number of rotatable bonds is 6. The smallest absolute Gasteiger partial charge is 0.272 e. The summed E-state index contributed by atoms with van der Waals surface area (Å²) in [5, 5.41) is 0. The van der Waals surface area contributed by atoms with Crippen LogP contribution < -0.4 is 4.90 Å². The Morgan fingerprint density at radius 3 is 2.73 bits per heavy atom. The number of piperazine rings is 1. The lowest BCUT2D eigenvalue weighted by molar-refractivity contribution is -0.118. The second kappa shape index (κ2) is 7.72. The van der Waals surface area contributed by atoms with Crippen LogP contribution in [-0.4, -0.2) is 71.9 Å². The highest BCUT2D eigenvalue weighted by atomic mass is 16.2. The van der Waals surface area contributed by atoms with E-state index in [9.17, 15) is 9.59 Å². The summed E-state index contributed by atoms with van der Waals surface area (Å²) in [5.74, 6) is 0.476. The first-order valence-electron chi connectivity index (χ1n) is 7.68. The van der Waals surface area contributed by atoms with E-state index < -0.39 is 0 Å². The molecule has 0 saturated carbocycles. The molecule has 0 aromatic carbocycles. The van der Waals surface area contributed by atoms with E-state index in [0.717, 1.165) is 25.8 Å². The Labute approximate surface area is 130 Å². The molecule has 0 unspecified atom stereocenters.